The van der Waals surface area contributed by atoms with Gasteiger partial charge in [0.25, 0.3) is 0 Å². The number of carbonyl (C=O) groups excluding carboxylic acids is 2. The van der Waals surface area contributed by atoms with E-state index in [9.17, 15) is 9.90 Å². The van der Waals surface area contributed by atoms with Crippen LogP contribution in [0.2, 0.25) is 10.0 Å². The summed E-state index contributed by atoms with van der Waals surface area (Å²) in [6.07, 6.45) is 9.15. The molecule has 298 valence electrons. The lowest BCUT2D eigenvalue weighted by Gasteiger charge is -2.18. The third kappa shape index (κ3) is 10.6. The quantitative estimate of drug-likeness (QED) is 0.112. The highest BCUT2D eigenvalue weighted by atomic mass is 35.5. The van der Waals surface area contributed by atoms with Gasteiger partial charge in [0, 0.05) is 23.7 Å². The third-order valence-corrected chi connectivity index (χ3v) is 11.5. The third-order valence-electron chi connectivity index (χ3n) is 11.0. The van der Waals surface area contributed by atoms with Crippen molar-refractivity contribution in [2.45, 2.75) is 97.4 Å². The highest BCUT2D eigenvalue weighted by Crippen LogP contribution is 2.38. The molecule has 0 amide bonds. The van der Waals surface area contributed by atoms with Crippen LogP contribution in [0.3, 0.4) is 0 Å². The van der Waals surface area contributed by atoms with E-state index in [1.54, 1.807) is 14.2 Å². The van der Waals surface area contributed by atoms with E-state index in [0.29, 0.717) is 59.2 Å². The maximum Gasteiger partial charge on any atom is 0.373 e. The van der Waals surface area contributed by atoms with E-state index < -0.39 is 5.97 Å². The number of methoxy groups -OCH3 is 2. The number of nitrogens with one attached hydrogen (secondary N) is 1. The number of halogens is 2. The summed E-state index contributed by atoms with van der Waals surface area (Å²) in [5, 5.41) is 14.0. The Morgan fingerprint density at radius 1 is 0.768 bits per heavy atom. The minimum atomic E-state index is -0.709. The number of rotatable bonds is 16. The van der Waals surface area contributed by atoms with E-state index in [1.165, 1.54) is 25.7 Å². The number of hydrogen-bond donors (Lipinski definition) is 2. The van der Waals surface area contributed by atoms with Crippen molar-refractivity contribution in [1.29, 1.82) is 0 Å². The number of ether oxygens (including phenoxy) is 4. The summed E-state index contributed by atoms with van der Waals surface area (Å²) in [4.78, 5) is 37.1. The van der Waals surface area contributed by atoms with Crippen molar-refractivity contribution in [1.82, 2.24) is 15.3 Å². The van der Waals surface area contributed by atoms with Crippen LogP contribution in [0.1, 0.15) is 84.7 Å². The van der Waals surface area contributed by atoms with Gasteiger partial charge in [-0.2, -0.15) is 19.6 Å². The van der Waals surface area contributed by atoms with Crippen LogP contribution in [0.25, 0.3) is 11.1 Å². The predicted octanol–water partition coefficient (Wildman–Crippen LogP) is 9.12. The van der Waals surface area contributed by atoms with Crippen LogP contribution in [-0.2, 0) is 40.6 Å². The molecule has 2 aliphatic carbocycles. The molecule has 0 radical (unpaired) electrons. The molecule has 13 heteroatoms. The van der Waals surface area contributed by atoms with Crippen LogP contribution < -0.4 is 24.3 Å². The standard InChI is InChI=1S/C42H49Cl2N3O6.CO2/c1-25-29(23-52-40-36(43)20-28(38(46-40)50-3)19-18-27-10-7-17-35(27)42(48)49)11-8-15-33(25)34-16-9-12-30(26(34)2)24-53-41-37(44)21-31(39(47-41)51-4)22-45-32-13-5-6-14-32;2-1-3/h8-9,11-12,15-16,20-21,27,32,35,45H,5-7,10,13-14,17-19,22-24H2,1-4H3,(H,48,49);/t27-,35+;/m0./s1. The first-order valence-electron chi connectivity index (χ1n) is 18.9. The minimum absolute atomic E-state index is 0.143. The summed E-state index contributed by atoms with van der Waals surface area (Å²) in [6, 6.07) is 16.6. The van der Waals surface area contributed by atoms with Gasteiger partial charge in [-0.1, -0.05) is 78.9 Å². The van der Waals surface area contributed by atoms with Gasteiger partial charge in [-0.15, -0.1) is 0 Å². The van der Waals surface area contributed by atoms with Crippen molar-refractivity contribution in [3.05, 3.63) is 92.0 Å². The van der Waals surface area contributed by atoms with E-state index in [2.05, 4.69) is 47.3 Å². The molecule has 0 unspecified atom stereocenters. The molecule has 2 atom stereocenters. The summed E-state index contributed by atoms with van der Waals surface area (Å²) in [7, 11) is 3.19. The number of carboxylic acid groups (broad SMARTS) is 1. The lowest BCUT2D eigenvalue weighted by molar-refractivity contribution is -0.191. The first-order valence-corrected chi connectivity index (χ1v) is 19.7. The molecule has 4 aromatic rings. The smallest absolute Gasteiger partial charge is 0.373 e. The first-order chi connectivity index (χ1) is 27.1. The Hall–Kier alpha value is -4.67. The number of aryl methyl sites for hydroxylation is 1. The zero-order valence-electron chi connectivity index (χ0n) is 32.3. The molecule has 2 fully saturated rings. The molecule has 2 N–H and O–H groups in total. The van der Waals surface area contributed by atoms with Gasteiger partial charge in [0.15, 0.2) is 0 Å². The summed E-state index contributed by atoms with van der Waals surface area (Å²) < 4.78 is 23.6. The molecule has 0 spiro atoms. The Morgan fingerprint density at radius 3 is 1.80 bits per heavy atom. The average molecular weight is 807 g/mol. The second kappa shape index (κ2) is 20.5. The molecular weight excluding hydrogens is 757 g/mol. The zero-order valence-corrected chi connectivity index (χ0v) is 33.8. The molecule has 2 aromatic heterocycles. The van der Waals surface area contributed by atoms with Crippen molar-refractivity contribution in [2.24, 2.45) is 11.8 Å². The van der Waals surface area contributed by atoms with Crippen molar-refractivity contribution in [3.63, 3.8) is 0 Å². The summed E-state index contributed by atoms with van der Waals surface area (Å²) >= 11 is 13.3. The monoisotopic (exact) mass is 805 g/mol. The molecule has 2 aliphatic rings. The van der Waals surface area contributed by atoms with E-state index in [-0.39, 0.29) is 24.6 Å². The van der Waals surface area contributed by atoms with Crippen LogP contribution in [0.4, 0.5) is 0 Å². The van der Waals surface area contributed by atoms with Crippen LogP contribution in [0, 0.1) is 25.7 Å². The van der Waals surface area contributed by atoms with Crippen molar-refractivity contribution in [3.8, 4) is 34.6 Å². The molecule has 0 bridgehead atoms. The van der Waals surface area contributed by atoms with Crippen LogP contribution >= 0.6 is 23.2 Å². The summed E-state index contributed by atoms with van der Waals surface area (Å²) in [5.41, 5.74) is 8.11. The SMILES string of the molecule is COc1nc(OCc2cccc(-c3cccc(COc4nc(OC)c(CNC5CCCC5)cc4Cl)c3C)c2C)c(Cl)cc1CC[C@@H]1CCC[C@H]1C(=O)O.O=C=O. The van der Waals surface area contributed by atoms with Crippen molar-refractivity contribution in [2.75, 3.05) is 14.2 Å². The zero-order chi connectivity index (χ0) is 40.2. The molecule has 56 heavy (non-hydrogen) atoms. The average Bonchev–Trinajstić information content (AvgIpc) is 3.90. The molecule has 2 heterocycles. The van der Waals surface area contributed by atoms with E-state index in [1.807, 2.05) is 30.3 Å². The highest BCUT2D eigenvalue weighted by Gasteiger charge is 2.32. The molecule has 0 aliphatic heterocycles. The van der Waals surface area contributed by atoms with Crippen LogP contribution in [0.5, 0.6) is 23.5 Å². The number of hydrogen-bond acceptors (Lipinski definition) is 10. The fourth-order valence-corrected chi connectivity index (χ4v) is 8.29. The molecular formula is C43H49Cl2N3O8. The highest BCUT2D eigenvalue weighted by molar-refractivity contribution is 6.32. The van der Waals surface area contributed by atoms with Crippen molar-refractivity contribution >= 4 is 35.3 Å². The van der Waals surface area contributed by atoms with Gasteiger partial charge in [-0.3, -0.25) is 4.79 Å². The van der Waals surface area contributed by atoms with Gasteiger partial charge in [0.1, 0.15) is 23.3 Å². The molecule has 2 aromatic carbocycles. The number of aliphatic carboxylic acids is 1. The topological polar surface area (TPSA) is 146 Å². The number of carbonyl (C=O) groups is 1. The van der Waals surface area contributed by atoms with Gasteiger partial charge < -0.3 is 29.4 Å². The number of nitrogens with zero attached hydrogens (tertiary/aromatic N) is 2. The Morgan fingerprint density at radius 2 is 1.29 bits per heavy atom. The second-order valence-electron chi connectivity index (χ2n) is 14.3. The van der Waals surface area contributed by atoms with E-state index in [4.69, 9.17) is 51.7 Å². The maximum atomic E-state index is 11.7. The van der Waals surface area contributed by atoms with Gasteiger partial charge in [0.2, 0.25) is 23.5 Å². The molecule has 0 saturated heterocycles. The Labute approximate surface area is 338 Å². The van der Waals surface area contributed by atoms with Gasteiger partial charge in [0.05, 0.1) is 20.1 Å². The Balaban J connectivity index is 0.00000194. The van der Waals surface area contributed by atoms with Crippen LogP contribution in [0.15, 0.2) is 48.5 Å². The largest absolute Gasteiger partial charge is 0.481 e. The predicted molar refractivity (Wildman–Crippen MR) is 213 cm³/mol. The first kappa shape index (κ1) is 42.5. The fraction of sp³-hybridized carbons (Fsp3) is 0.442. The van der Waals surface area contributed by atoms with E-state index in [0.717, 1.165) is 70.2 Å². The van der Waals surface area contributed by atoms with Gasteiger partial charge in [-0.25, -0.2) is 0 Å². The number of benzene rings is 2. The van der Waals surface area contributed by atoms with Gasteiger partial charge in [-0.05, 0) is 104 Å². The second-order valence-corrected chi connectivity index (χ2v) is 15.1. The molecule has 11 nitrogen and oxygen atoms in total. The molecule has 2 saturated carbocycles. The number of carboxylic acids is 1. The lowest BCUT2D eigenvalue weighted by Crippen LogP contribution is -2.25. The minimum Gasteiger partial charge on any atom is -0.481 e. The number of aromatic nitrogens is 2. The summed E-state index contributed by atoms with van der Waals surface area (Å²) in [6.45, 7) is 5.38. The van der Waals surface area contributed by atoms with Crippen molar-refractivity contribution < 1.29 is 38.4 Å². The van der Waals surface area contributed by atoms with Crippen LogP contribution in [-0.4, -0.2) is 47.5 Å². The summed E-state index contributed by atoms with van der Waals surface area (Å²) in [5.74, 6) is 0.726. The maximum absolute atomic E-state index is 11.7. The normalized spacial score (nSPS) is 16.5. The number of pyridine rings is 2. The molecule has 6 rings (SSSR count). The Kier molecular flexibility index (Phi) is 15.5. The van der Waals surface area contributed by atoms with E-state index >= 15 is 0 Å². The Bertz CT molecular complexity index is 2010. The van der Waals surface area contributed by atoms with Gasteiger partial charge >= 0.3 is 12.1 Å². The lowest BCUT2D eigenvalue weighted by atomic mass is 9.90. The fourth-order valence-electron chi connectivity index (χ4n) is 7.84.